The van der Waals surface area contributed by atoms with E-state index in [1.54, 1.807) is 14.2 Å². The average molecular weight is 417 g/mol. The molecule has 5 nitrogen and oxygen atoms in total. The second-order valence-corrected chi connectivity index (χ2v) is 7.69. The van der Waals surface area contributed by atoms with Gasteiger partial charge in [0.25, 0.3) is 5.91 Å². The second-order valence-electron chi connectivity index (χ2n) is 6.77. The lowest BCUT2D eigenvalue weighted by Gasteiger charge is -2.34. The lowest BCUT2D eigenvalue weighted by molar-refractivity contribution is -0.126. The number of carbonyl (C=O) groups excluding carboxylic acids is 1. The first kappa shape index (κ1) is 18.5. The fraction of sp³-hybridized carbons (Fsp3) is 0.300. The van der Waals surface area contributed by atoms with Gasteiger partial charge in [-0.2, -0.15) is 5.10 Å². The van der Waals surface area contributed by atoms with Gasteiger partial charge in [-0.25, -0.2) is 5.01 Å². The Morgan fingerprint density at radius 1 is 1.04 bits per heavy atom. The minimum atomic E-state index is -0.558. The zero-order valence-electron chi connectivity index (χ0n) is 15.2. The van der Waals surface area contributed by atoms with Crippen LogP contribution in [0, 0.1) is 5.41 Å². The zero-order chi connectivity index (χ0) is 18.9. The quantitative estimate of drug-likeness (QED) is 0.729. The largest absolute Gasteiger partial charge is 0.493 e. The highest BCUT2D eigenvalue weighted by Crippen LogP contribution is 2.36. The van der Waals surface area contributed by atoms with Gasteiger partial charge in [0.2, 0.25) is 0 Å². The summed E-state index contributed by atoms with van der Waals surface area (Å²) in [5, 5.41) is 6.14. The van der Waals surface area contributed by atoms with E-state index >= 15 is 0 Å². The van der Waals surface area contributed by atoms with Gasteiger partial charge in [0.15, 0.2) is 11.5 Å². The highest BCUT2D eigenvalue weighted by molar-refractivity contribution is 9.10. The number of carbonyl (C=O) groups is 1. The van der Waals surface area contributed by atoms with E-state index in [4.69, 9.17) is 9.47 Å². The number of hydrogen-bond acceptors (Lipinski definition) is 4. The first-order chi connectivity index (χ1) is 12.4. The van der Waals surface area contributed by atoms with Gasteiger partial charge in [0.1, 0.15) is 0 Å². The molecule has 0 aliphatic carbocycles. The van der Waals surface area contributed by atoms with E-state index in [1.807, 2.05) is 56.3 Å². The molecular formula is C20H21BrN2O3. The van der Waals surface area contributed by atoms with Gasteiger partial charge >= 0.3 is 0 Å². The molecule has 0 saturated heterocycles. The van der Waals surface area contributed by atoms with E-state index in [9.17, 15) is 4.79 Å². The summed E-state index contributed by atoms with van der Waals surface area (Å²) in [5.41, 5.74) is 1.92. The van der Waals surface area contributed by atoms with E-state index in [0.717, 1.165) is 21.4 Å². The summed E-state index contributed by atoms with van der Waals surface area (Å²) in [6.45, 7) is 3.88. The Labute approximate surface area is 161 Å². The number of benzene rings is 2. The first-order valence-electron chi connectivity index (χ1n) is 8.26. The number of amides is 1. The van der Waals surface area contributed by atoms with Crippen molar-refractivity contribution in [2.75, 3.05) is 19.2 Å². The summed E-state index contributed by atoms with van der Waals surface area (Å²) in [4.78, 5) is 12.9. The Bertz CT molecular complexity index is 860. The van der Waals surface area contributed by atoms with Crippen LogP contribution in [0.2, 0.25) is 0 Å². The Morgan fingerprint density at radius 3 is 2.31 bits per heavy atom. The molecule has 3 rings (SSSR count). The monoisotopic (exact) mass is 416 g/mol. The van der Waals surface area contributed by atoms with Gasteiger partial charge < -0.3 is 9.47 Å². The fourth-order valence-electron chi connectivity index (χ4n) is 2.92. The molecule has 2 aromatic rings. The Morgan fingerprint density at radius 2 is 1.69 bits per heavy atom. The van der Waals surface area contributed by atoms with E-state index in [1.165, 1.54) is 5.01 Å². The van der Waals surface area contributed by atoms with Crippen molar-refractivity contribution in [3.05, 3.63) is 52.5 Å². The molecule has 26 heavy (non-hydrogen) atoms. The zero-order valence-corrected chi connectivity index (χ0v) is 16.8. The summed E-state index contributed by atoms with van der Waals surface area (Å²) in [5.74, 6) is 1.27. The molecule has 0 N–H and O–H groups in total. The molecule has 1 amide bonds. The Balaban J connectivity index is 2.07. The summed E-state index contributed by atoms with van der Waals surface area (Å²) < 4.78 is 11.7. The van der Waals surface area contributed by atoms with Crippen molar-refractivity contribution >= 4 is 33.2 Å². The lowest BCUT2D eigenvalue weighted by Crippen LogP contribution is -2.44. The third-order valence-electron chi connectivity index (χ3n) is 4.39. The summed E-state index contributed by atoms with van der Waals surface area (Å²) in [6, 6.07) is 13.2. The third-order valence-corrected chi connectivity index (χ3v) is 4.92. The molecule has 1 aliphatic heterocycles. The van der Waals surface area contributed by atoms with Crippen LogP contribution in [0.1, 0.15) is 25.8 Å². The molecule has 0 unspecified atom stereocenters. The number of rotatable bonds is 4. The number of methoxy groups -OCH3 is 2. The molecule has 136 valence electrons. The molecule has 0 bridgehead atoms. The van der Waals surface area contributed by atoms with Crippen LogP contribution in [0.5, 0.6) is 11.5 Å². The minimum absolute atomic E-state index is 0.0240. The van der Waals surface area contributed by atoms with Gasteiger partial charge in [0, 0.05) is 16.5 Å². The highest BCUT2D eigenvalue weighted by Gasteiger charge is 2.39. The van der Waals surface area contributed by atoms with Gasteiger partial charge in [0.05, 0.1) is 31.0 Å². The molecule has 1 heterocycles. The third kappa shape index (κ3) is 3.46. The first-order valence-corrected chi connectivity index (χ1v) is 9.05. The van der Waals surface area contributed by atoms with E-state index in [0.29, 0.717) is 17.9 Å². The minimum Gasteiger partial charge on any atom is -0.493 e. The fourth-order valence-corrected chi connectivity index (χ4v) is 3.18. The number of hydrogen-bond donors (Lipinski definition) is 0. The highest BCUT2D eigenvalue weighted by atomic mass is 79.9. The van der Waals surface area contributed by atoms with Crippen LogP contribution in [0.15, 0.2) is 52.0 Å². The van der Waals surface area contributed by atoms with Crippen LogP contribution >= 0.6 is 15.9 Å². The predicted octanol–water partition coefficient (Wildman–Crippen LogP) is 4.63. The number of hydrazone groups is 1. The summed E-state index contributed by atoms with van der Waals surface area (Å²) >= 11 is 3.42. The molecule has 0 radical (unpaired) electrons. The topological polar surface area (TPSA) is 51.1 Å². The van der Waals surface area contributed by atoms with Crippen LogP contribution in [-0.4, -0.2) is 25.8 Å². The molecule has 0 fully saturated rings. The maximum Gasteiger partial charge on any atom is 0.253 e. The number of nitrogens with zero attached hydrogens (tertiary/aromatic N) is 2. The van der Waals surface area contributed by atoms with Crippen molar-refractivity contribution in [3.8, 4) is 11.5 Å². The molecule has 2 aromatic carbocycles. The van der Waals surface area contributed by atoms with Crippen molar-refractivity contribution in [2.24, 2.45) is 10.5 Å². The summed E-state index contributed by atoms with van der Waals surface area (Å²) in [6.07, 6.45) is 0.550. The summed E-state index contributed by atoms with van der Waals surface area (Å²) in [7, 11) is 3.21. The van der Waals surface area contributed by atoms with Gasteiger partial charge in [-0.3, -0.25) is 4.79 Å². The molecule has 1 aliphatic rings. The molecule has 0 atom stereocenters. The van der Waals surface area contributed by atoms with Crippen LogP contribution < -0.4 is 14.5 Å². The molecular weight excluding hydrogens is 396 g/mol. The SMILES string of the molecule is COc1ccc(C2=NN(c3ccc(Br)cc3)C(=O)C(C)(C)C2)cc1OC. The average Bonchev–Trinajstić information content (AvgIpc) is 2.64. The standard InChI is InChI=1S/C20H21BrN2O3/c1-20(2)12-16(13-5-10-17(25-3)18(11-13)26-4)22-23(19(20)24)15-8-6-14(21)7-9-15/h5-11H,12H2,1-4H3. The van der Waals surface area contributed by atoms with Crippen LogP contribution in [0.3, 0.4) is 0 Å². The second kappa shape index (κ2) is 7.11. The van der Waals surface area contributed by atoms with Crippen molar-refractivity contribution in [2.45, 2.75) is 20.3 Å². The normalized spacial score (nSPS) is 16.3. The van der Waals surface area contributed by atoms with E-state index in [-0.39, 0.29) is 5.91 Å². The maximum absolute atomic E-state index is 12.9. The maximum atomic E-state index is 12.9. The Hall–Kier alpha value is -2.34. The predicted molar refractivity (Wildman–Crippen MR) is 106 cm³/mol. The van der Waals surface area contributed by atoms with E-state index in [2.05, 4.69) is 21.0 Å². The van der Waals surface area contributed by atoms with Crippen LogP contribution in [-0.2, 0) is 4.79 Å². The van der Waals surface area contributed by atoms with Crippen LogP contribution in [0.25, 0.3) is 0 Å². The van der Waals surface area contributed by atoms with Crippen molar-refractivity contribution in [3.63, 3.8) is 0 Å². The van der Waals surface area contributed by atoms with Crippen LogP contribution in [0.4, 0.5) is 5.69 Å². The number of anilines is 1. The van der Waals surface area contributed by atoms with Gasteiger partial charge in [-0.1, -0.05) is 29.8 Å². The molecule has 0 spiro atoms. The molecule has 0 aromatic heterocycles. The number of ether oxygens (including phenoxy) is 2. The number of halogens is 1. The van der Waals surface area contributed by atoms with Crippen molar-refractivity contribution in [1.82, 2.24) is 0 Å². The molecule has 6 heteroatoms. The molecule has 0 saturated carbocycles. The van der Waals surface area contributed by atoms with E-state index < -0.39 is 5.41 Å². The Kier molecular flexibility index (Phi) is 5.05. The lowest BCUT2D eigenvalue weighted by atomic mass is 9.82. The van der Waals surface area contributed by atoms with Crippen molar-refractivity contribution < 1.29 is 14.3 Å². The van der Waals surface area contributed by atoms with Gasteiger partial charge in [-0.15, -0.1) is 0 Å². The smallest absolute Gasteiger partial charge is 0.253 e. The van der Waals surface area contributed by atoms with Crippen molar-refractivity contribution in [1.29, 1.82) is 0 Å². The van der Waals surface area contributed by atoms with Gasteiger partial charge in [-0.05, 0) is 42.5 Å².